The molecule has 1 aromatic rings. The quantitative estimate of drug-likeness (QED) is 0.361. The number of anilines is 1. The molecule has 0 saturated heterocycles. The molecular formula is C5H4FN3O3S. The summed E-state index contributed by atoms with van der Waals surface area (Å²) >= 11 is 0.475. The van der Waals surface area contributed by atoms with Crippen molar-refractivity contribution in [3.05, 3.63) is 10.8 Å². The van der Waals surface area contributed by atoms with Crippen molar-refractivity contribution in [3.63, 3.8) is 0 Å². The summed E-state index contributed by atoms with van der Waals surface area (Å²) < 4.78 is 12.8. The fourth-order valence-corrected chi connectivity index (χ4v) is 1.21. The van der Waals surface area contributed by atoms with Crippen LogP contribution in [0.4, 0.5) is 9.52 Å². The lowest BCUT2D eigenvalue weighted by atomic mass is 10.3. The Morgan fingerprint density at radius 1 is 1.69 bits per heavy atom. The molecule has 4 N–H and O–H groups in total. The summed E-state index contributed by atoms with van der Waals surface area (Å²) in [5, 5.41) is 18.0. The standard InChI is InChI=1S/C5H4FN3O3S/c6-3-1(8-5(7)13-3)2(9-12)4(10)11/h12H,(H2,7,8)(H,10,11)/b9-2+. The van der Waals surface area contributed by atoms with Crippen molar-refractivity contribution >= 4 is 28.1 Å². The zero-order valence-electron chi connectivity index (χ0n) is 6.06. The maximum atomic E-state index is 12.8. The number of oxime groups is 1. The van der Waals surface area contributed by atoms with Crippen molar-refractivity contribution in [2.24, 2.45) is 5.16 Å². The van der Waals surface area contributed by atoms with E-state index >= 15 is 0 Å². The zero-order chi connectivity index (χ0) is 10.0. The first-order chi connectivity index (χ1) is 6.06. The number of nitrogens with zero attached hydrogens (tertiary/aromatic N) is 2. The van der Waals surface area contributed by atoms with Crippen LogP contribution >= 0.6 is 11.3 Å². The molecule has 0 fully saturated rings. The van der Waals surface area contributed by atoms with Crippen LogP contribution in [0.1, 0.15) is 5.69 Å². The number of carboxylic acid groups (broad SMARTS) is 1. The number of thiazole rings is 1. The number of carbonyl (C=O) groups is 1. The first kappa shape index (κ1) is 9.39. The van der Waals surface area contributed by atoms with Crippen LogP contribution in [-0.4, -0.2) is 27.0 Å². The second kappa shape index (κ2) is 3.35. The topological polar surface area (TPSA) is 109 Å². The minimum Gasteiger partial charge on any atom is -0.476 e. The van der Waals surface area contributed by atoms with Gasteiger partial charge in [0.2, 0.25) is 10.8 Å². The Morgan fingerprint density at radius 2 is 2.31 bits per heavy atom. The molecule has 0 saturated carbocycles. The van der Waals surface area contributed by atoms with Gasteiger partial charge in [-0.15, -0.1) is 0 Å². The van der Waals surface area contributed by atoms with Crippen LogP contribution < -0.4 is 5.73 Å². The minimum absolute atomic E-state index is 0.130. The van der Waals surface area contributed by atoms with Gasteiger partial charge in [0, 0.05) is 0 Å². The van der Waals surface area contributed by atoms with Crippen molar-refractivity contribution in [1.29, 1.82) is 0 Å². The third-order valence-electron chi connectivity index (χ3n) is 1.13. The van der Waals surface area contributed by atoms with Crippen LogP contribution in [0, 0.1) is 5.13 Å². The summed E-state index contributed by atoms with van der Waals surface area (Å²) in [4.78, 5) is 13.7. The van der Waals surface area contributed by atoms with E-state index in [1.54, 1.807) is 0 Å². The number of nitrogens with two attached hydrogens (primary N) is 1. The van der Waals surface area contributed by atoms with Gasteiger partial charge in [-0.2, -0.15) is 4.39 Å². The highest BCUT2D eigenvalue weighted by Gasteiger charge is 2.22. The fourth-order valence-electron chi connectivity index (χ4n) is 0.655. The van der Waals surface area contributed by atoms with Gasteiger partial charge in [0.05, 0.1) is 0 Å². The Hall–Kier alpha value is -1.70. The van der Waals surface area contributed by atoms with Crippen LogP contribution in [0.25, 0.3) is 0 Å². The van der Waals surface area contributed by atoms with E-state index in [-0.39, 0.29) is 5.13 Å². The van der Waals surface area contributed by atoms with E-state index in [4.69, 9.17) is 16.0 Å². The molecule has 0 aliphatic heterocycles. The van der Waals surface area contributed by atoms with Crippen LogP contribution in [0.5, 0.6) is 0 Å². The summed E-state index contributed by atoms with van der Waals surface area (Å²) in [7, 11) is 0. The molecule has 1 rings (SSSR count). The summed E-state index contributed by atoms with van der Waals surface area (Å²) in [5.74, 6) is -1.58. The van der Waals surface area contributed by atoms with E-state index in [0.29, 0.717) is 11.3 Å². The van der Waals surface area contributed by atoms with Crippen molar-refractivity contribution in [2.75, 3.05) is 5.73 Å². The summed E-state index contributed by atoms with van der Waals surface area (Å²) in [6.07, 6.45) is 0. The zero-order valence-corrected chi connectivity index (χ0v) is 6.88. The Labute approximate surface area is 75.1 Å². The lowest BCUT2D eigenvalue weighted by Crippen LogP contribution is -2.16. The van der Waals surface area contributed by atoms with Crippen molar-refractivity contribution in [2.45, 2.75) is 0 Å². The summed E-state index contributed by atoms with van der Waals surface area (Å²) in [6, 6.07) is 0. The Bertz CT molecular complexity index is 375. The van der Waals surface area contributed by atoms with Gasteiger partial charge in [0.15, 0.2) is 5.13 Å². The Kier molecular flexibility index (Phi) is 2.42. The van der Waals surface area contributed by atoms with E-state index in [1.807, 2.05) is 0 Å². The molecule has 8 heteroatoms. The van der Waals surface area contributed by atoms with Crippen LogP contribution in [0.3, 0.4) is 0 Å². The second-order valence-electron chi connectivity index (χ2n) is 1.93. The van der Waals surface area contributed by atoms with Gasteiger partial charge in [-0.1, -0.05) is 16.5 Å². The lowest BCUT2D eigenvalue weighted by Gasteiger charge is -1.92. The van der Waals surface area contributed by atoms with Crippen molar-refractivity contribution in [3.8, 4) is 0 Å². The Morgan fingerprint density at radius 3 is 2.62 bits per heavy atom. The molecule has 70 valence electrons. The van der Waals surface area contributed by atoms with Crippen molar-refractivity contribution in [1.82, 2.24) is 4.98 Å². The van der Waals surface area contributed by atoms with E-state index in [0.717, 1.165) is 0 Å². The van der Waals surface area contributed by atoms with Gasteiger partial charge in [-0.25, -0.2) is 9.78 Å². The predicted molar refractivity (Wildman–Crippen MR) is 42.4 cm³/mol. The molecule has 0 atom stereocenters. The third kappa shape index (κ3) is 1.72. The molecule has 0 radical (unpaired) electrons. The predicted octanol–water partition coefficient (Wildman–Crippen LogP) is 0.127. The maximum Gasteiger partial charge on any atom is 0.360 e. The molecule has 0 aliphatic carbocycles. The van der Waals surface area contributed by atoms with Gasteiger partial charge >= 0.3 is 5.97 Å². The molecule has 0 aromatic carbocycles. The molecule has 1 heterocycles. The molecule has 0 spiro atoms. The number of aromatic nitrogens is 1. The molecule has 1 aromatic heterocycles. The molecule has 0 bridgehead atoms. The van der Waals surface area contributed by atoms with E-state index in [2.05, 4.69) is 10.1 Å². The smallest absolute Gasteiger partial charge is 0.360 e. The number of hydrogen-bond acceptors (Lipinski definition) is 6. The Balaban J connectivity index is 3.20. The van der Waals surface area contributed by atoms with Gasteiger partial charge in [-0.3, -0.25) is 0 Å². The molecule has 6 nitrogen and oxygen atoms in total. The lowest BCUT2D eigenvalue weighted by molar-refractivity contribution is -0.129. The van der Waals surface area contributed by atoms with Gasteiger partial charge in [-0.05, 0) is 0 Å². The first-order valence-corrected chi connectivity index (χ1v) is 3.75. The molecule has 0 amide bonds. The molecule has 0 unspecified atom stereocenters. The average Bonchev–Trinajstić information content (AvgIpc) is 2.31. The number of hydrogen-bond donors (Lipinski definition) is 3. The summed E-state index contributed by atoms with van der Waals surface area (Å²) in [5.41, 5.74) is 3.68. The van der Waals surface area contributed by atoms with Gasteiger partial charge in [0.25, 0.3) is 0 Å². The van der Waals surface area contributed by atoms with Crippen LogP contribution in [-0.2, 0) is 4.79 Å². The highest BCUT2D eigenvalue weighted by Crippen LogP contribution is 2.18. The molecule has 0 aliphatic rings. The highest BCUT2D eigenvalue weighted by atomic mass is 32.1. The van der Waals surface area contributed by atoms with Crippen LogP contribution in [0.2, 0.25) is 0 Å². The normalized spacial score (nSPS) is 11.6. The molecule has 13 heavy (non-hydrogen) atoms. The number of rotatable bonds is 2. The largest absolute Gasteiger partial charge is 0.476 e. The maximum absolute atomic E-state index is 12.8. The number of carboxylic acids is 1. The van der Waals surface area contributed by atoms with Crippen LogP contribution in [0.15, 0.2) is 5.16 Å². The fraction of sp³-hybridized carbons (Fsp3) is 0. The van der Waals surface area contributed by atoms with E-state index in [9.17, 15) is 9.18 Å². The summed E-state index contributed by atoms with van der Waals surface area (Å²) in [6.45, 7) is 0. The first-order valence-electron chi connectivity index (χ1n) is 2.93. The monoisotopic (exact) mass is 205 g/mol. The average molecular weight is 205 g/mol. The second-order valence-corrected chi connectivity index (χ2v) is 2.91. The minimum atomic E-state index is -1.58. The number of aliphatic carboxylic acids is 1. The van der Waals surface area contributed by atoms with Gasteiger partial charge < -0.3 is 16.0 Å². The van der Waals surface area contributed by atoms with E-state index in [1.165, 1.54) is 0 Å². The SMILES string of the molecule is Nc1nc(/C(=N\O)C(=O)O)c(F)s1. The number of nitrogen functional groups attached to an aromatic ring is 1. The number of halogens is 1. The third-order valence-corrected chi connectivity index (χ3v) is 1.80. The highest BCUT2D eigenvalue weighted by molar-refractivity contribution is 7.14. The van der Waals surface area contributed by atoms with Gasteiger partial charge in [0.1, 0.15) is 5.69 Å². The van der Waals surface area contributed by atoms with E-state index < -0.39 is 22.5 Å². The molecular weight excluding hydrogens is 201 g/mol. The van der Waals surface area contributed by atoms with Crippen molar-refractivity contribution < 1.29 is 19.5 Å².